The van der Waals surface area contributed by atoms with E-state index in [9.17, 15) is 9.18 Å². The fourth-order valence-electron chi connectivity index (χ4n) is 4.71. The van der Waals surface area contributed by atoms with Crippen LogP contribution in [0.2, 0.25) is 0 Å². The molecule has 2 bridgehead atoms. The highest BCUT2D eigenvalue weighted by atomic mass is 19.1. The van der Waals surface area contributed by atoms with Crippen molar-refractivity contribution in [2.75, 3.05) is 13.2 Å². The first-order valence-electron chi connectivity index (χ1n) is 9.72. The van der Waals surface area contributed by atoms with Crippen LogP contribution < -0.4 is 0 Å². The molecule has 0 unspecified atom stereocenters. The maximum Gasteiger partial charge on any atom is 0.226 e. The second kappa shape index (κ2) is 6.68. The Morgan fingerprint density at radius 2 is 1.89 bits per heavy atom. The quantitative estimate of drug-likeness (QED) is 0.817. The lowest BCUT2D eigenvalue weighted by atomic mass is 9.93. The van der Waals surface area contributed by atoms with Gasteiger partial charge in [-0.15, -0.1) is 0 Å². The molecular weight excluding hydrogens is 345 g/mol. The van der Waals surface area contributed by atoms with Gasteiger partial charge in [-0.1, -0.05) is 0 Å². The Morgan fingerprint density at radius 3 is 2.67 bits per heavy atom. The van der Waals surface area contributed by atoms with Crippen molar-refractivity contribution in [1.29, 1.82) is 0 Å². The lowest BCUT2D eigenvalue weighted by molar-refractivity contribution is -0.142. The van der Waals surface area contributed by atoms with E-state index in [0.717, 1.165) is 48.9 Å². The topological polar surface area (TPSA) is 55.3 Å². The second-order valence-electron chi connectivity index (χ2n) is 7.69. The number of ether oxygens (including phenoxy) is 1. The second-order valence-corrected chi connectivity index (χ2v) is 7.69. The SMILES string of the molecule is O=C(C1CCOCC1)N1[C@H]2CC[C@@H]1c1cnc(-c3ccc(F)cc3)nc1C2. The van der Waals surface area contributed by atoms with Gasteiger partial charge in [0.1, 0.15) is 5.82 Å². The lowest BCUT2D eigenvalue weighted by Crippen LogP contribution is -2.46. The van der Waals surface area contributed by atoms with E-state index in [-0.39, 0.29) is 29.7 Å². The van der Waals surface area contributed by atoms with E-state index in [4.69, 9.17) is 9.72 Å². The fraction of sp³-hybridized carbons (Fsp3) is 0.476. The number of benzene rings is 1. The van der Waals surface area contributed by atoms with Gasteiger partial charge >= 0.3 is 0 Å². The van der Waals surface area contributed by atoms with Gasteiger partial charge in [-0.25, -0.2) is 14.4 Å². The maximum atomic E-state index is 13.2. The highest BCUT2D eigenvalue weighted by molar-refractivity contribution is 5.80. The standard InChI is InChI=1S/C21H22FN3O2/c22-15-3-1-13(2-4-15)20-23-12-17-18(24-20)11-16-5-6-19(17)25(16)21(26)14-7-9-27-10-8-14/h1-4,12,14,16,19H,5-11H2/t16-,19+/m0/s1. The molecule has 140 valence electrons. The number of amides is 1. The van der Waals surface area contributed by atoms with Crippen LogP contribution in [0.1, 0.15) is 43.0 Å². The molecular formula is C21H22FN3O2. The van der Waals surface area contributed by atoms with E-state index >= 15 is 0 Å². The zero-order chi connectivity index (χ0) is 18.4. The molecule has 1 amide bonds. The minimum atomic E-state index is -0.267. The normalized spacial score (nSPS) is 24.7. The van der Waals surface area contributed by atoms with Crippen LogP contribution in [0.4, 0.5) is 4.39 Å². The number of rotatable bonds is 2. The number of hydrogen-bond acceptors (Lipinski definition) is 4. The maximum absolute atomic E-state index is 13.2. The molecule has 1 aromatic heterocycles. The average Bonchev–Trinajstić information content (AvgIpc) is 3.03. The van der Waals surface area contributed by atoms with E-state index in [1.165, 1.54) is 12.1 Å². The number of carbonyl (C=O) groups is 1. The summed E-state index contributed by atoms with van der Waals surface area (Å²) in [7, 11) is 0. The zero-order valence-electron chi connectivity index (χ0n) is 15.1. The van der Waals surface area contributed by atoms with E-state index in [1.54, 1.807) is 12.1 Å². The van der Waals surface area contributed by atoms with Gasteiger partial charge in [0.15, 0.2) is 5.82 Å². The third-order valence-electron chi connectivity index (χ3n) is 6.12. The van der Waals surface area contributed by atoms with Crippen LogP contribution in [0.15, 0.2) is 30.5 Å². The van der Waals surface area contributed by atoms with Crippen molar-refractivity contribution >= 4 is 5.91 Å². The van der Waals surface area contributed by atoms with Crippen molar-refractivity contribution in [3.8, 4) is 11.4 Å². The molecule has 6 heteroatoms. The molecule has 2 aromatic rings. The predicted octanol–water partition coefficient (Wildman–Crippen LogP) is 3.30. The molecule has 3 aliphatic rings. The monoisotopic (exact) mass is 367 g/mol. The molecule has 2 atom stereocenters. The number of fused-ring (bicyclic) bond motifs is 4. The largest absolute Gasteiger partial charge is 0.381 e. The van der Waals surface area contributed by atoms with Crippen LogP contribution >= 0.6 is 0 Å². The van der Waals surface area contributed by atoms with Gasteiger partial charge in [-0.05, 0) is 49.9 Å². The molecule has 1 aromatic carbocycles. The summed E-state index contributed by atoms with van der Waals surface area (Å²) in [6.07, 6.45) is 6.28. The summed E-state index contributed by atoms with van der Waals surface area (Å²) in [6, 6.07) is 6.59. The van der Waals surface area contributed by atoms with E-state index in [1.807, 2.05) is 6.20 Å². The summed E-state index contributed by atoms with van der Waals surface area (Å²) >= 11 is 0. The number of carbonyl (C=O) groups excluding carboxylic acids is 1. The molecule has 2 saturated heterocycles. The van der Waals surface area contributed by atoms with Gasteiger partial charge in [0.05, 0.1) is 11.7 Å². The highest BCUT2D eigenvalue weighted by Crippen LogP contribution is 2.44. The van der Waals surface area contributed by atoms with Crippen LogP contribution in [-0.2, 0) is 16.0 Å². The Kier molecular flexibility index (Phi) is 4.16. The molecule has 2 fully saturated rings. The smallest absolute Gasteiger partial charge is 0.226 e. The average molecular weight is 367 g/mol. The molecule has 27 heavy (non-hydrogen) atoms. The lowest BCUT2D eigenvalue weighted by Gasteiger charge is -2.38. The molecule has 0 spiro atoms. The molecule has 0 aliphatic carbocycles. The minimum Gasteiger partial charge on any atom is -0.381 e. The predicted molar refractivity (Wildman–Crippen MR) is 97.3 cm³/mol. The zero-order valence-corrected chi connectivity index (χ0v) is 15.1. The van der Waals surface area contributed by atoms with Crippen LogP contribution in [0, 0.1) is 11.7 Å². The van der Waals surface area contributed by atoms with Crippen molar-refractivity contribution in [3.63, 3.8) is 0 Å². The molecule has 0 saturated carbocycles. The van der Waals surface area contributed by atoms with Gasteiger partial charge in [0, 0.05) is 48.9 Å². The van der Waals surface area contributed by atoms with E-state index in [0.29, 0.717) is 19.0 Å². The third-order valence-corrected chi connectivity index (χ3v) is 6.12. The number of halogens is 1. The van der Waals surface area contributed by atoms with Crippen molar-refractivity contribution < 1.29 is 13.9 Å². The molecule has 5 rings (SSSR count). The summed E-state index contributed by atoms with van der Waals surface area (Å²) in [5.41, 5.74) is 2.93. The van der Waals surface area contributed by atoms with Crippen molar-refractivity contribution in [1.82, 2.24) is 14.9 Å². The number of aromatic nitrogens is 2. The van der Waals surface area contributed by atoms with Gasteiger partial charge < -0.3 is 9.64 Å². The number of hydrogen-bond donors (Lipinski definition) is 0. The Hall–Kier alpha value is -2.34. The first-order valence-corrected chi connectivity index (χ1v) is 9.72. The van der Waals surface area contributed by atoms with Gasteiger partial charge in [0.25, 0.3) is 0 Å². The van der Waals surface area contributed by atoms with Gasteiger partial charge in [-0.2, -0.15) is 0 Å². The molecule has 3 aliphatic heterocycles. The third kappa shape index (κ3) is 2.92. The Labute approximate surface area is 157 Å². The van der Waals surface area contributed by atoms with Crippen molar-refractivity contribution in [2.24, 2.45) is 5.92 Å². The van der Waals surface area contributed by atoms with Crippen molar-refractivity contribution in [2.45, 2.75) is 44.2 Å². The van der Waals surface area contributed by atoms with Crippen LogP contribution in [0.3, 0.4) is 0 Å². The van der Waals surface area contributed by atoms with Crippen molar-refractivity contribution in [3.05, 3.63) is 47.5 Å². The summed E-state index contributed by atoms with van der Waals surface area (Å²) in [5, 5.41) is 0. The molecule has 4 heterocycles. The van der Waals surface area contributed by atoms with Crippen LogP contribution in [0.25, 0.3) is 11.4 Å². The van der Waals surface area contributed by atoms with Gasteiger partial charge in [-0.3, -0.25) is 4.79 Å². The first kappa shape index (κ1) is 16.8. The summed E-state index contributed by atoms with van der Waals surface area (Å²) < 4.78 is 18.6. The Balaban J connectivity index is 1.43. The Bertz CT molecular complexity index is 864. The summed E-state index contributed by atoms with van der Waals surface area (Å²) in [4.78, 5) is 24.5. The van der Waals surface area contributed by atoms with Crippen LogP contribution in [0.5, 0.6) is 0 Å². The van der Waals surface area contributed by atoms with E-state index in [2.05, 4.69) is 9.88 Å². The molecule has 0 N–H and O–H groups in total. The van der Waals surface area contributed by atoms with Gasteiger partial charge in [0.2, 0.25) is 5.91 Å². The number of nitrogens with zero attached hydrogens (tertiary/aromatic N) is 3. The Morgan fingerprint density at radius 1 is 1.11 bits per heavy atom. The summed E-state index contributed by atoms with van der Waals surface area (Å²) in [6.45, 7) is 1.36. The highest BCUT2D eigenvalue weighted by Gasteiger charge is 2.45. The van der Waals surface area contributed by atoms with E-state index < -0.39 is 0 Å². The molecule has 5 nitrogen and oxygen atoms in total. The molecule has 0 radical (unpaired) electrons. The van der Waals surface area contributed by atoms with Crippen LogP contribution in [-0.4, -0.2) is 40.0 Å². The minimum absolute atomic E-state index is 0.0859. The fourth-order valence-corrected chi connectivity index (χ4v) is 4.71. The summed E-state index contributed by atoms with van der Waals surface area (Å²) in [5.74, 6) is 0.719. The first-order chi connectivity index (χ1) is 13.2.